The van der Waals surface area contributed by atoms with E-state index in [2.05, 4.69) is 38.1 Å². The first-order valence-corrected chi connectivity index (χ1v) is 8.54. The zero-order valence-corrected chi connectivity index (χ0v) is 15.7. The molecule has 0 bridgehead atoms. The van der Waals surface area contributed by atoms with Crippen LogP contribution in [0.2, 0.25) is 0 Å². The highest BCUT2D eigenvalue weighted by atomic mass is 16.5. The molecule has 24 heavy (non-hydrogen) atoms. The molecule has 2 aromatic rings. The number of aliphatic hydroxyl groups is 1. The second kappa shape index (κ2) is 9.99. The van der Waals surface area contributed by atoms with Gasteiger partial charge in [0.2, 0.25) is 0 Å². The van der Waals surface area contributed by atoms with Crippen LogP contribution in [0.5, 0.6) is 11.5 Å². The number of hydrogen-bond donors (Lipinski definition) is 1. The minimum absolute atomic E-state index is 0.0413. The molecule has 2 rings (SSSR count). The highest BCUT2D eigenvalue weighted by Gasteiger charge is 2.14. The van der Waals surface area contributed by atoms with Crippen LogP contribution in [0.1, 0.15) is 38.8 Å². The Morgan fingerprint density at radius 1 is 0.875 bits per heavy atom. The van der Waals surface area contributed by atoms with E-state index in [1.54, 1.807) is 14.2 Å². The molecule has 0 fully saturated rings. The van der Waals surface area contributed by atoms with Crippen LogP contribution >= 0.6 is 0 Å². The first-order valence-electron chi connectivity index (χ1n) is 8.54. The summed E-state index contributed by atoms with van der Waals surface area (Å²) >= 11 is 0. The molecule has 3 heteroatoms. The predicted octanol–water partition coefficient (Wildman–Crippen LogP) is 5.09. The molecule has 0 aliphatic carbocycles. The summed E-state index contributed by atoms with van der Waals surface area (Å²) in [6.07, 6.45) is 1.07. The second-order valence-electron chi connectivity index (χ2n) is 5.83. The van der Waals surface area contributed by atoms with Crippen LogP contribution < -0.4 is 9.47 Å². The van der Waals surface area contributed by atoms with Crippen LogP contribution in [-0.4, -0.2) is 19.3 Å². The minimum atomic E-state index is -0.0413. The molecule has 0 heterocycles. The maximum atomic E-state index is 9.35. The molecule has 132 valence electrons. The van der Waals surface area contributed by atoms with E-state index in [1.165, 1.54) is 5.56 Å². The zero-order chi connectivity index (χ0) is 18.1. The maximum absolute atomic E-state index is 9.35. The lowest BCUT2D eigenvalue weighted by Gasteiger charge is -2.15. The molecule has 0 spiro atoms. The summed E-state index contributed by atoms with van der Waals surface area (Å²) in [5.74, 6) is 2.05. The Kier molecular flexibility index (Phi) is 8.34. The summed E-state index contributed by atoms with van der Waals surface area (Å²) in [7, 11) is 3.26. The molecule has 0 aromatic heterocycles. The van der Waals surface area contributed by atoms with E-state index in [-0.39, 0.29) is 6.61 Å². The number of methoxy groups -OCH3 is 2. The number of ether oxygens (including phenoxy) is 2. The lowest BCUT2D eigenvalue weighted by molar-refractivity contribution is 0.280. The smallest absolute Gasteiger partial charge is 0.130 e. The van der Waals surface area contributed by atoms with Gasteiger partial charge in [-0.2, -0.15) is 0 Å². The molecule has 0 amide bonds. The number of aliphatic hydroxyl groups excluding tert-OH is 1. The van der Waals surface area contributed by atoms with Crippen molar-refractivity contribution in [1.29, 1.82) is 0 Å². The molecule has 3 nitrogen and oxygen atoms in total. The van der Waals surface area contributed by atoms with Gasteiger partial charge in [0.15, 0.2) is 0 Å². The van der Waals surface area contributed by atoms with Crippen molar-refractivity contribution in [2.45, 2.75) is 40.7 Å². The topological polar surface area (TPSA) is 38.7 Å². The fraction of sp³-hybridized carbons (Fsp3) is 0.429. The summed E-state index contributed by atoms with van der Waals surface area (Å²) in [5, 5.41) is 9.35. The first-order chi connectivity index (χ1) is 11.6. The molecule has 0 unspecified atom stereocenters. The predicted molar refractivity (Wildman–Crippen MR) is 101 cm³/mol. The molecule has 2 aromatic carbocycles. The van der Waals surface area contributed by atoms with Crippen LogP contribution in [0.15, 0.2) is 36.4 Å². The van der Waals surface area contributed by atoms with Crippen molar-refractivity contribution in [2.75, 3.05) is 14.2 Å². The molecule has 0 radical (unpaired) electrons. The number of hydrogen-bond acceptors (Lipinski definition) is 3. The monoisotopic (exact) mass is 330 g/mol. The first kappa shape index (κ1) is 20.0. The van der Waals surface area contributed by atoms with Crippen LogP contribution in [0.25, 0.3) is 11.1 Å². The normalized spacial score (nSPS) is 10.2. The largest absolute Gasteiger partial charge is 0.496 e. The highest BCUT2D eigenvalue weighted by Crippen LogP contribution is 2.39. The Labute approximate surface area is 146 Å². The van der Waals surface area contributed by atoms with Crippen molar-refractivity contribution in [3.05, 3.63) is 47.5 Å². The fourth-order valence-corrected chi connectivity index (χ4v) is 2.62. The number of benzene rings is 2. The summed E-state index contributed by atoms with van der Waals surface area (Å²) < 4.78 is 11.0. The van der Waals surface area contributed by atoms with Gasteiger partial charge in [0.25, 0.3) is 0 Å². The van der Waals surface area contributed by atoms with E-state index in [4.69, 9.17) is 9.47 Å². The minimum Gasteiger partial charge on any atom is -0.496 e. The average Bonchev–Trinajstić information content (AvgIpc) is 2.62. The Morgan fingerprint density at radius 2 is 1.38 bits per heavy atom. The van der Waals surface area contributed by atoms with Gasteiger partial charge in [0.1, 0.15) is 11.5 Å². The summed E-state index contributed by atoms with van der Waals surface area (Å²) in [4.78, 5) is 0. The fourth-order valence-electron chi connectivity index (χ4n) is 2.62. The molecule has 0 saturated carbocycles. The lowest BCUT2D eigenvalue weighted by Crippen LogP contribution is -1.97. The van der Waals surface area contributed by atoms with Gasteiger partial charge in [-0.15, -0.1) is 0 Å². The van der Waals surface area contributed by atoms with Gasteiger partial charge < -0.3 is 14.6 Å². The van der Waals surface area contributed by atoms with Crippen molar-refractivity contribution in [3.63, 3.8) is 0 Å². The van der Waals surface area contributed by atoms with Gasteiger partial charge in [-0.1, -0.05) is 52.0 Å². The third-order valence-corrected chi connectivity index (χ3v) is 3.63. The number of rotatable bonds is 6. The molecular formula is C21H30O3. The van der Waals surface area contributed by atoms with Gasteiger partial charge in [0.05, 0.1) is 26.4 Å². The molecule has 0 saturated heterocycles. The quantitative estimate of drug-likeness (QED) is 0.802. The van der Waals surface area contributed by atoms with E-state index in [1.807, 2.05) is 26.0 Å². The standard InChI is InChI=1S/C19H24O3.C2H6/c1-13(2)9-14-5-7-16(8-6-14)19-17(21-3)10-15(12-20)11-18(19)22-4;1-2/h5-8,10-11,13,20H,9,12H2,1-4H3;1-2H3. The van der Waals surface area contributed by atoms with Crippen LogP contribution in [-0.2, 0) is 13.0 Å². The van der Waals surface area contributed by atoms with Crippen LogP contribution in [0.3, 0.4) is 0 Å². The van der Waals surface area contributed by atoms with Gasteiger partial charge in [-0.25, -0.2) is 0 Å². The SMILES string of the molecule is CC.COc1cc(CO)cc(OC)c1-c1ccc(CC(C)C)cc1. The molecular weight excluding hydrogens is 300 g/mol. The van der Waals surface area contributed by atoms with Crippen molar-refractivity contribution in [1.82, 2.24) is 0 Å². The van der Waals surface area contributed by atoms with Gasteiger partial charge in [0, 0.05) is 0 Å². The Morgan fingerprint density at radius 3 is 1.75 bits per heavy atom. The average molecular weight is 330 g/mol. The molecule has 1 N–H and O–H groups in total. The summed E-state index contributed by atoms with van der Waals surface area (Å²) in [6.45, 7) is 8.39. The lowest BCUT2D eigenvalue weighted by atomic mass is 9.97. The van der Waals surface area contributed by atoms with Crippen molar-refractivity contribution < 1.29 is 14.6 Å². The van der Waals surface area contributed by atoms with Gasteiger partial charge >= 0.3 is 0 Å². The zero-order valence-electron chi connectivity index (χ0n) is 15.7. The van der Waals surface area contributed by atoms with Gasteiger partial charge in [-0.3, -0.25) is 0 Å². The molecule has 0 aliphatic heterocycles. The molecule has 0 atom stereocenters. The maximum Gasteiger partial charge on any atom is 0.130 e. The summed E-state index contributed by atoms with van der Waals surface area (Å²) in [5.41, 5.74) is 4.06. The second-order valence-corrected chi connectivity index (χ2v) is 5.83. The van der Waals surface area contributed by atoms with E-state index in [0.29, 0.717) is 17.4 Å². The Bertz CT molecular complexity index is 590. The van der Waals surface area contributed by atoms with E-state index >= 15 is 0 Å². The van der Waals surface area contributed by atoms with Crippen LogP contribution in [0, 0.1) is 5.92 Å². The third-order valence-electron chi connectivity index (χ3n) is 3.63. The highest BCUT2D eigenvalue weighted by molar-refractivity contribution is 5.77. The molecule has 0 aliphatic rings. The third kappa shape index (κ3) is 5.00. The van der Waals surface area contributed by atoms with E-state index in [9.17, 15) is 5.11 Å². The van der Waals surface area contributed by atoms with Crippen molar-refractivity contribution in [2.24, 2.45) is 5.92 Å². The Balaban J connectivity index is 0.00000139. The Hall–Kier alpha value is -2.00. The van der Waals surface area contributed by atoms with Crippen molar-refractivity contribution in [3.8, 4) is 22.6 Å². The van der Waals surface area contributed by atoms with Crippen molar-refractivity contribution >= 4 is 0 Å². The van der Waals surface area contributed by atoms with Gasteiger partial charge in [-0.05, 0) is 41.2 Å². The van der Waals surface area contributed by atoms with Crippen LogP contribution in [0.4, 0.5) is 0 Å². The van der Waals surface area contributed by atoms with E-state index < -0.39 is 0 Å². The van der Waals surface area contributed by atoms with E-state index in [0.717, 1.165) is 23.1 Å². The summed E-state index contributed by atoms with van der Waals surface area (Å²) in [6, 6.07) is 12.2.